The summed E-state index contributed by atoms with van der Waals surface area (Å²) < 4.78 is 5.37. The fourth-order valence-corrected chi connectivity index (χ4v) is 2.82. The van der Waals surface area contributed by atoms with Crippen LogP contribution in [-0.4, -0.2) is 23.6 Å². The van der Waals surface area contributed by atoms with Gasteiger partial charge in [-0.15, -0.1) is 0 Å². The average Bonchev–Trinajstić information content (AvgIpc) is 2.62. The zero-order valence-corrected chi connectivity index (χ0v) is 15.5. The Labute approximate surface area is 158 Å². The third kappa shape index (κ3) is 4.86. The van der Waals surface area contributed by atoms with Gasteiger partial charge < -0.3 is 15.4 Å². The molecule has 6 heteroatoms. The van der Waals surface area contributed by atoms with E-state index in [0.29, 0.717) is 11.8 Å². The van der Waals surface area contributed by atoms with Gasteiger partial charge in [-0.25, -0.2) is 4.98 Å². The first kappa shape index (κ1) is 18.0. The minimum absolute atomic E-state index is 0.587. The molecule has 2 N–H and O–H groups in total. The lowest BCUT2D eigenvalue weighted by atomic mass is 10.1. The number of para-hydroxylation sites is 2. The molecule has 1 aromatic heterocycles. The molecule has 0 fully saturated rings. The number of rotatable bonds is 7. The van der Waals surface area contributed by atoms with Gasteiger partial charge in [-0.1, -0.05) is 35.9 Å². The Bertz CT molecular complexity index is 885. The molecule has 0 saturated heterocycles. The molecule has 0 aliphatic rings. The number of nitrogens with one attached hydrogen (secondary N) is 2. The first-order valence-corrected chi connectivity index (χ1v) is 8.76. The Balaban J connectivity index is 1.67. The van der Waals surface area contributed by atoms with Crippen molar-refractivity contribution in [1.29, 1.82) is 0 Å². The maximum atomic E-state index is 6.02. The van der Waals surface area contributed by atoms with Crippen LogP contribution in [0.2, 0.25) is 5.02 Å². The molecule has 0 radical (unpaired) electrons. The number of hydrogen-bond acceptors (Lipinski definition) is 5. The molecule has 0 aliphatic carbocycles. The normalized spacial score (nSPS) is 10.4. The predicted octanol–water partition coefficient (Wildman–Crippen LogP) is 4.85. The van der Waals surface area contributed by atoms with Gasteiger partial charge in [0.2, 0.25) is 5.95 Å². The summed E-state index contributed by atoms with van der Waals surface area (Å²) in [6.45, 7) is 2.66. The smallest absolute Gasteiger partial charge is 0.224 e. The lowest BCUT2D eigenvalue weighted by Crippen LogP contribution is -2.09. The summed E-state index contributed by atoms with van der Waals surface area (Å²) in [5, 5.41) is 7.31. The molecule has 0 aliphatic heterocycles. The number of methoxy groups -OCH3 is 1. The van der Waals surface area contributed by atoms with Crippen molar-refractivity contribution in [2.75, 3.05) is 24.3 Å². The second-order valence-electron chi connectivity index (χ2n) is 5.85. The summed E-state index contributed by atoms with van der Waals surface area (Å²) >= 11 is 6.02. The molecule has 0 bridgehead atoms. The van der Waals surface area contributed by atoms with E-state index in [1.807, 2.05) is 55.5 Å². The quantitative estimate of drug-likeness (QED) is 0.624. The van der Waals surface area contributed by atoms with Crippen molar-refractivity contribution in [3.63, 3.8) is 0 Å². The molecule has 0 saturated carbocycles. The van der Waals surface area contributed by atoms with Crippen LogP contribution >= 0.6 is 11.6 Å². The molecule has 5 nitrogen and oxygen atoms in total. The summed E-state index contributed by atoms with van der Waals surface area (Å²) in [5.74, 6) is 2.07. The molecule has 0 atom stereocenters. The second-order valence-corrected chi connectivity index (χ2v) is 6.29. The largest absolute Gasteiger partial charge is 0.495 e. The number of benzene rings is 2. The van der Waals surface area contributed by atoms with Gasteiger partial charge in [0.25, 0.3) is 0 Å². The van der Waals surface area contributed by atoms with Gasteiger partial charge in [-0.2, -0.15) is 4.98 Å². The third-order valence-electron chi connectivity index (χ3n) is 3.81. The number of ether oxygens (including phenoxy) is 1. The highest BCUT2D eigenvalue weighted by atomic mass is 35.5. The van der Waals surface area contributed by atoms with Crippen LogP contribution in [-0.2, 0) is 6.42 Å². The summed E-state index contributed by atoms with van der Waals surface area (Å²) in [6.07, 6.45) is 0.840. The number of aryl methyl sites for hydroxylation is 1. The highest BCUT2D eigenvalue weighted by molar-refractivity contribution is 6.30. The van der Waals surface area contributed by atoms with Crippen LogP contribution in [0.3, 0.4) is 0 Å². The maximum absolute atomic E-state index is 6.02. The molecule has 0 spiro atoms. The molecule has 2 aromatic carbocycles. The molecule has 3 aromatic rings. The van der Waals surface area contributed by atoms with E-state index in [9.17, 15) is 0 Å². The van der Waals surface area contributed by atoms with Crippen molar-refractivity contribution in [3.05, 3.63) is 70.9 Å². The fourth-order valence-electron chi connectivity index (χ4n) is 2.61. The topological polar surface area (TPSA) is 59.1 Å². The van der Waals surface area contributed by atoms with E-state index >= 15 is 0 Å². The fraction of sp³-hybridized carbons (Fsp3) is 0.200. The minimum Gasteiger partial charge on any atom is -0.495 e. The number of aromatic nitrogens is 2. The molecule has 1 heterocycles. The minimum atomic E-state index is 0.587. The second kappa shape index (κ2) is 8.54. The van der Waals surface area contributed by atoms with Crippen LogP contribution in [0.15, 0.2) is 54.6 Å². The van der Waals surface area contributed by atoms with Gasteiger partial charge >= 0.3 is 0 Å². The molecule has 0 amide bonds. The Hall–Kier alpha value is -2.79. The van der Waals surface area contributed by atoms with Gasteiger partial charge in [-0.3, -0.25) is 0 Å². The van der Waals surface area contributed by atoms with E-state index in [2.05, 4.69) is 26.7 Å². The van der Waals surface area contributed by atoms with Crippen molar-refractivity contribution < 1.29 is 4.74 Å². The summed E-state index contributed by atoms with van der Waals surface area (Å²) in [7, 11) is 1.65. The average molecular weight is 369 g/mol. The number of anilines is 3. The van der Waals surface area contributed by atoms with E-state index in [4.69, 9.17) is 16.3 Å². The maximum Gasteiger partial charge on any atom is 0.224 e. The first-order chi connectivity index (χ1) is 12.6. The van der Waals surface area contributed by atoms with Gasteiger partial charge in [0.15, 0.2) is 0 Å². The van der Waals surface area contributed by atoms with Crippen molar-refractivity contribution in [1.82, 2.24) is 9.97 Å². The van der Waals surface area contributed by atoms with Crippen LogP contribution in [0.1, 0.15) is 11.3 Å². The molecular weight excluding hydrogens is 348 g/mol. The standard InChI is InChI=1S/C20H21ClN4O/c1-14-12-19(24-17-8-3-4-9-18(17)26-2)25-20(23-14)22-11-10-15-6-5-7-16(21)13-15/h3-9,12-13H,10-11H2,1-2H3,(H2,22,23,24,25). The van der Waals surface area contributed by atoms with Crippen molar-refractivity contribution in [2.45, 2.75) is 13.3 Å². The van der Waals surface area contributed by atoms with Crippen molar-refractivity contribution in [3.8, 4) is 5.75 Å². The Morgan fingerprint density at radius 1 is 1.04 bits per heavy atom. The lowest BCUT2D eigenvalue weighted by Gasteiger charge is -2.12. The van der Waals surface area contributed by atoms with E-state index in [1.165, 1.54) is 5.56 Å². The van der Waals surface area contributed by atoms with Gasteiger partial charge in [0.05, 0.1) is 12.8 Å². The van der Waals surface area contributed by atoms with Crippen molar-refractivity contribution >= 4 is 29.1 Å². The first-order valence-electron chi connectivity index (χ1n) is 8.38. The molecule has 3 rings (SSSR count). The number of nitrogens with zero attached hydrogens (tertiary/aromatic N) is 2. The zero-order chi connectivity index (χ0) is 18.4. The molecule has 0 unspecified atom stereocenters. The Morgan fingerprint density at radius 2 is 1.88 bits per heavy atom. The SMILES string of the molecule is COc1ccccc1Nc1cc(C)nc(NCCc2cccc(Cl)c2)n1. The summed E-state index contributed by atoms with van der Waals surface area (Å²) in [5.41, 5.74) is 2.91. The highest BCUT2D eigenvalue weighted by Crippen LogP contribution is 2.26. The van der Waals surface area contributed by atoms with E-state index < -0.39 is 0 Å². The Morgan fingerprint density at radius 3 is 2.69 bits per heavy atom. The summed E-state index contributed by atoms with van der Waals surface area (Å²) in [6, 6.07) is 17.5. The van der Waals surface area contributed by atoms with Gasteiger partial charge in [0, 0.05) is 23.3 Å². The van der Waals surface area contributed by atoms with E-state index in [1.54, 1.807) is 7.11 Å². The predicted molar refractivity (Wildman–Crippen MR) is 107 cm³/mol. The van der Waals surface area contributed by atoms with Crippen LogP contribution in [0.5, 0.6) is 5.75 Å². The van der Waals surface area contributed by atoms with Gasteiger partial charge in [0.1, 0.15) is 11.6 Å². The monoisotopic (exact) mass is 368 g/mol. The molecular formula is C20H21ClN4O. The van der Waals surface area contributed by atoms with Gasteiger partial charge in [-0.05, 0) is 43.2 Å². The lowest BCUT2D eigenvalue weighted by molar-refractivity contribution is 0.417. The zero-order valence-electron chi connectivity index (χ0n) is 14.8. The molecule has 26 heavy (non-hydrogen) atoms. The Kier molecular flexibility index (Phi) is 5.92. The van der Waals surface area contributed by atoms with E-state index in [0.717, 1.165) is 35.1 Å². The van der Waals surface area contributed by atoms with Crippen LogP contribution in [0, 0.1) is 6.92 Å². The highest BCUT2D eigenvalue weighted by Gasteiger charge is 2.06. The van der Waals surface area contributed by atoms with Crippen LogP contribution < -0.4 is 15.4 Å². The van der Waals surface area contributed by atoms with Crippen LogP contribution in [0.25, 0.3) is 0 Å². The molecule has 134 valence electrons. The van der Waals surface area contributed by atoms with Crippen LogP contribution in [0.4, 0.5) is 17.5 Å². The number of halogens is 1. The number of hydrogen-bond donors (Lipinski definition) is 2. The van der Waals surface area contributed by atoms with E-state index in [-0.39, 0.29) is 0 Å². The third-order valence-corrected chi connectivity index (χ3v) is 4.04. The van der Waals surface area contributed by atoms with Crippen molar-refractivity contribution in [2.24, 2.45) is 0 Å². The summed E-state index contributed by atoms with van der Waals surface area (Å²) in [4.78, 5) is 8.99.